The second kappa shape index (κ2) is 3.18. The molecule has 0 aromatic rings. The van der Waals surface area contributed by atoms with Crippen LogP contribution in [-0.2, 0) is 0 Å². The van der Waals surface area contributed by atoms with Crippen LogP contribution >= 0.6 is 0 Å². The Kier molecular flexibility index (Phi) is 2.15. The number of likely N-dealkylation sites (N-methyl/N-ethyl adjacent to an activating group) is 1. The number of amides is 2. The van der Waals surface area contributed by atoms with Crippen molar-refractivity contribution in [1.29, 1.82) is 0 Å². The van der Waals surface area contributed by atoms with Gasteiger partial charge < -0.3 is 15.1 Å². The smallest absolute Gasteiger partial charge is 0.317 e. The predicted molar refractivity (Wildman–Crippen MR) is 50.6 cm³/mol. The number of hydrogen-bond acceptors (Lipinski definition) is 2. The minimum atomic E-state index is 0.0829. The van der Waals surface area contributed by atoms with E-state index < -0.39 is 0 Å². The zero-order valence-electron chi connectivity index (χ0n) is 8.29. The molecule has 2 aliphatic heterocycles. The molecule has 2 amide bonds. The zero-order chi connectivity index (χ0) is 9.42. The fourth-order valence-corrected chi connectivity index (χ4v) is 2.26. The van der Waals surface area contributed by atoms with Crippen LogP contribution in [0.25, 0.3) is 0 Å². The molecule has 0 aliphatic carbocycles. The largest absolute Gasteiger partial charge is 0.333 e. The summed E-state index contributed by atoms with van der Waals surface area (Å²) in [6.07, 6.45) is 1.22. The Morgan fingerprint density at radius 1 is 1.38 bits per heavy atom. The Morgan fingerprint density at radius 3 is 2.62 bits per heavy atom. The predicted octanol–water partition coefficient (Wildman–Crippen LogP) is -0.0383. The first-order valence-corrected chi connectivity index (χ1v) is 4.87. The molecule has 0 spiro atoms. The molecule has 0 bridgehead atoms. The first kappa shape index (κ1) is 8.81. The molecule has 2 fully saturated rings. The summed E-state index contributed by atoms with van der Waals surface area (Å²) in [5, 5.41) is 3.03. The summed E-state index contributed by atoms with van der Waals surface area (Å²) in [5.74, 6) is 0.652. The van der Waals surface area contributed by atoms with Crippen LogP contribution in [0.1, 0.15) is 6.42 Å². The third-order valence-corrected chi connectivity index (χ3v) is 3.12. The van der Waals surface area contributed by atoms with Crippen molar-refractivity contribution in [3.63, 3.8) is 0 Å². The molecule has 0 saturated carbocycles. The summed E-state index contributed by atoms with van der Waals surface area (Å²) in [6.45, 7) is 3.16. The monoisotopic (exact) mass is 183 g/mol. The first-order valence-electron chi connectivity index (χ1n) is 4.87. The van der Waals surface area contributed by atoms with E-state index in [-0.39, 0.29) is 6.03 Å². The van der Waals surface area contributed by atoms with Crippen molar-refractivity contribution >= 4 is 6.03 Å². The minimum Gasteiger partial charge on any atom is -0.333 e. The van der Waals surface area contributed by atoms with Crippen LogP contribution in [0.3, 0.4) is 0 Å². The number of nitrogens with zero attached hydrogens (tertiary/aromatic N) is 2. The maximum absolute atomic E-state index is 11.2. The van der Waals surface area contributed by atoms with Crippen LogP contribution in [0.5, 0.6) is 0 Å². The van der Waals surface area contributed by atoms with Gasteiger partial charge in [0.25, 0.3) is 0 Å². The number of rotatable bonds is 1. The van der Waals surface area contributed by atoms with Crippen molar-refractivity contribution in [3.05, 3.63) is 0 Å². The molecule has 0 aromatic heterocycles. The van der Waals surface area contributed by atoms with Gasteiger partial charge in [-0.3, -0.25) is 0 Å². The molecule has 2 atom stereocenters. The van der Waals surface area contributed by atoms with Crippen molar-refractivity contribution in [1.82, 2.24) is 15.1 Å². The molecule has 13 heavy (non-hydrogen) atoms. The van der Waals surface area contributed by atoms with Gasteiger partial charge in [-0.1, -0.05) is 0 Å². The zero-order valence-corrected chi connectivity index (χ0v) is 8.29. The number of carbonyl (C=O) groups excluding carboxylic acids is 1. The molecule has 2 aliphatic rings. The number of likely N-dealkylation sites (tertiary alicyclic amines) is 1. The lowest BCUT2D eigenvalue weighted by atomic mass is 10.00. The van der Waals surface area contributed by atoms with Crippen molar-refractivity contribution < 1.29 is 4.79 Å². The Bertz CT molecular complexity index is 219. The molecule has 0 aromatic carbocycles. The van der Waals surface area contributed by atoms with Gasteiger partial charge in [0, 0.05) is 20.1 Å². The fourth-order valence-electron chi connectivity index (χ4n) is 2.26. The average Bonchev–Trinajstić information content (AvgIpc) is 2.61. The lowest BCUT2D eigenvalue weighted by Gasteiger charge is -2.17. The molecule has 2 heterocycles. The third-order valence-electron chi connectivity index (χ3n) is 3.12. The number of urea groups is 1. The Labute approximate surface area is 78.9 Å². The fraction of sp³-hybridized carbons (Fsp3) is 0.889. The molecule has 2 unspecified atom stereocenters. The lowest BCUT2D eigenvalue weighted by Crippen LogP contribution is -2.35. The number of hydrogen-bond donors (Lipinski definition) is 1. The van der Waals surface area contributed by atoms with E-state index in [9.17, 15) is 4.79 Å². The molecule has 2 rings (SSSR count). The molecular formula is C9H17N3O. The second-order valence-corrected chi connectivity index (χ2v) is 4.25. The summed E-state index contributed by atoms with van der Waals surface area (Å²) >= 11 is 0. The van der Waals surface area contributed by atoms with Gasteiger partial charge in [-0.2, -0.15) is 0 Å². The van der Waals surface area contributed by atoms with Crippen molar-refractivity contribution in [2.24, 2.45) is 5.92 Å². The van der Waals surface area contributed by atoms with Gasteiger partial charge >= 0.3 is 6.03 Å². The first-order chi connectivity index (χ1) is 6.16. The van der Waals surface area contributed by atoms with Gasteiger partial charge in [0.15, 0.2) is 0 Å². The van der Waals surface area contributed by atoms with E-state index in [1.807, 2.05) is 7.05 Å². The Morgan fingerprint density at radius 2 is 2.15 bits per heavy atom. The maximum Gasteiger partial charge on any atom is 0.317 e. The number of nitrogens with one attached hydrogen (secondary N) is 1. The van der Waals surface area contributed by atoms with E-state index in [0.29, 0.717) is 12.0 Å². The maximum atomic E-state index is 11.2. The average molecular weight is 183 g/mol. The van der Waals surface area contributed by atoms with E-state index in [0.717, 1.165) is 13.1 Å². The molecular weight excluding hydrogens is 166 g/mol. The van der Waals surface area contributed by atoms with Crippen LogP contribution in [0.15, 0.2) is 0 Å². The highest BCUT2D eigenvalue weighted by Gasteiger charge is 2.34. The van der Waals surface area contributed by atoms with Gasteiger partial charge in [0.2, 0.25) is 0 Å². The SMILES string of the molecule is CN1CCC(C2CN(C)C(=O)N2)C1. The van der Waals surface area contributed by atoms with E-state index in [1.165, 1.54) is 13.0 Å². The van der Waals surface area contributed by atoms with Crippen molar-refractivity contribution in [2.45, 2.75) is 12.5 Å². The highest BCUT2D eigenvalue weighted by atomic mass is 16.2. The molecule has 74 valence electrons. The topological polar surface area (TPSA) is 35.6 Å². The van der Waals surface area contributed by atoms with E-state index >= 15 is 0 Å². The van der Waals surface area contributed by atoms with Gasteiger partial charge in [0.05, 0.1) is 6.04 Å². The van der Waals surface area contributed by atoms with Gasteiger partial charge in [0.1, 0.15) is 0 Å². The highest BCUT2D eigenvalue weighted by Crippen LogP contribution is 2.21. The lowest BCUT2D eigenvalue weighted by molar-refractivity contribution is 0.226. The Balaban J connectivity index is 1.92. The van der Waals surface area contributed by atoms with Crippen LogP contribution in [0, 0.1) is 5.92 Å². The van der Waals surface area contributed by atoms with Gasteiger partial charge in [-0.15, -0.1) is 0 Å². The summed E-state index contributed by atoms with van der Waals surface area (Å²) in [6, 6.07) is 0.460. The van der Waals surface area contributed by atoms with Gasteiger partial charge in [-0.25, -0.2) is 4.79 Å². The summed E-state index contributed by atoms with van der Waals surface area (Å²) in [7, 11) is 3.99. The van der Waals surface area contributed by atoms with Crippen molar-refractivity contribution in [2.75, 3.05) is 33.7 Å². The van der Waals surface area contributed by atoms with Crippen LogP contribution in [0.2, 0.25) is 0 Å². The summed E-state index contributed by atoms with van der Waals surface area (Å²) in [5.41, 5.74) is 0. The van der Waals surface area contributed by atoms with Gasteiger partial charge in [-0.05, 0) is 25.9 Å². The van der Waals surface area contributed by atoms with E-state index in [1.54, 1.807) is 4.90 Å². The summed E-state index contributed by atoms with van der Waals surface area (Å²) < 4.78 is 0. The van der Waals surface area contributed by atoms with Crippen LogP contribution in [0.4, 0.5) is 4.79 Å². The number of carbonyl (C=O) groups is 1. The van der Waals surface area contributed by atoms with Crippen molar-refractivity contribution in [3.8, 4) is 0 Å². The van der Waals surface area contributed by atoms with Crippen LogP contribution < -0.4 is 5.32 Å². The molecule has 0 radical (unpaired) electrons. The van der Waals surface area contributed by atoms with Crippen LogP contribution in [-0.4, -0.2) is 55.6 Å². The highest BCUT2D eigenvalue weighted by molar-refractivity contribution is 5.76. The van der Waals surface area contributed by atoms with E-state index in [2.05, 4.69) is 17.3 Å². The molecule has 4 heteroatoms. The Hall–Kier alpha value is -0.770. The second-order valence-electron chi connectivity index (χ2n) is 4.25. The standard InChI is InChI=1S/C9H17N3O/c1-11-4-3-7(5-11)8-6-12(2)9(13)10-8/h7-8H,3-6H2,1-2H3,(H,10,13). The third kappa shape index (κ3) is 1.63. The summed E-state index contributed by atoms with van der Waals surface area (Å²) in [4.78, 5) is 15.3. The molecule has 2 saturated heterocycles. The quantitative estimate of drug-likeness (QED) is 0.619. The molecule has 1 N–H and O–H groups in total. The van der Waals surface area contributed by atoms with E-state index in [4.69, 9.17) is 0 Å². The molecule has 4 nitrogen and oxygen atoms in total. The normalized spacial score (nSPS) is 35.5. The minimum absolute atomic E-state index is 0.0829.